The van der Waals surface area contributed by atoms with E-state index in [4.69, 9.17) is 9.84 Å². The fourth-order valence-electron chi connectivity index (χ4n) is 3.52. The molecular formula is C27H23N3O6. The molecule has 3 N–H and O–H groups in total. The van der Waals surface area contributed by atoms with Crippen molar-refractivity contribution in [3.63, 3.8) is 0 Å². The normalized spacial score (nSPS) is 14.0. The largest absolute Gasteiger partial charge is 0.489 e. The van der Waals surface area contributed by atoms with Crippen LogP contribution in [-0.4, -0.2) is 40.4 Å². The second-order valence-electron chi connectivity index (χ2n) is 8.16. The molecule has 4 amide bonds. The number of carbonyl (C=O) groups is 4. The Morgan fingerprint density at radius 2 is 1.75 bits per heavy atom. The fourth-order valence-corrected chi connectivity index (χ4v) is 3.52. The summed E-state index contributed by atoms with van der Waals surface area (Å²) in [5.41, 5.74) is 3.30. The molecule has 0 saturated carbocycles. The minimum Gasteiger partial charge on any atom is -0.489 e. The number of hydrogen-bond donors (Lipinski definition) is 3. The summed E-state index contributed by atoms with van der Waals surface area (Å²) in [6.45, 7) is 1.75. The predicted octanol–water partition coefficient (Wildman–Crippen LogP) is 3.80. The number of imide groups is 1. The number of benzene rings is 3. The quantitative estimate of drug-likeness (QED) is 0.329. The summed E-state index contributed by atoms with van der Waals surface area (Å²) in [5.74, 6) is -1.48. The van der Waals surface area contributed by atoms with Gasteiger partial charge in [-0.25, -0.2) is 14.5 Å². The number of amides is 4. The van der Waals surface area contributed by atoms with E-state index < -0.39 is 30.4 Å². The van der Waals surface area contributed by atoms with Crippen LogP contribution in [0.2, 0.25) is 0 Å². The fraction of sp³-hybridized carbons (Fsp3) is 0.111. The lowest BCUT2D eigenvalue weighted by Crippen LogP contribution is -2.38. The van der Waals surface area contributed by atoms with Crippen molar-refractivity contribution in [2.75, 3.05) is 11.9 Å². The van der Waals surface area contributed by atoms with Gasteiger partial charge >= 0.3 is 12.0 Å². The molecule has 1 heterocycles. The summed E-state index contributed by atoms with van der Waals surface area (Å²) < 4.78 is 5.72. The Labute approximate surface area is 207 Å². The Bertz CT molecular complexity index is 1350. The summed E-state index contributed by atoms with van der Waals surface area (Å²) in [6.07, 6.45) is 1.52. The first-order valence-electron chi connectivity index (χ1n) is 11.0. The average Bonchev–Trinajstić information content (AvgIpc) is 3.11. The summed E-state index contributed by atoms with van der Waals surface area (Å²) in [6, 6.07) is 19.8. The SMILES string of the molecule is Cc1cccc(NC(=O)CN2C(=O)NC(=Cc3ccc(OCc4ccc(C(=O)O)cc4)cc3)C2=O)c1. The van der Waals surface area contributed by atoms with Gasteiger partial charge in [0, 0.05) is 5.69 Å². The molecule has 182 valence electrons. The third-order valence-corrected chi connectivity index (χ3v) is 5.36. The number of carboxylic acid groups (broad SMARTS) is 1. The number of urea groups is 1. The van der Waals surface area contributed by atoms with E-state index in [9.17, 15) is 19.2 Å². The molecule has 3 aromatic rings. The molecule has 0 aromatic heterocycles. The Hall–Kier alpha value is -4.92. The van der Waals surface area contributed by atoms with Gasteiger partial charge in [0.15, 0.2) is 0 Å². The molecule has 0 atom stereocenters. The number of rotatable bonds is 8. The van der Waals surface area contributed by atoms with Crippen LogP contribution in [0.4, 0.5) is 10.5 Å². The number of aromatic carboxylic acids is 1. The van der Waals surface area contributed by atoms with Crippen molar-refractivity contribution in [2.24, 2.45) is 0 Å². The zero-order valence-corrected chi connectivity index (χ0v) is 19.4. The molecule has 1 aliphatic rings. The molecule has 0 radical (unpaired) electrons. The number of nitrogens with one attached hydrogen (secondary N) is 2. The van der Waals surface area contributed by atoms with E-state index >= 15 is 0 Å². The Kier molecular flexibility index (Phi) is 7.10. The maximum Gasteiger partial charge on any atom is 0.335 e. The minimum absolute atomic E-state index is 0.0653. The van der Waals surface area contributed by atoms with Gasteiger partial charge in [-0.2, -0.15) is 0 Å². The lowest BCUT2D eigenvalue weighted by molar-refractivity contribution is -0.127. The van der Waals surface area contributed by atoms with Crippen molar-refractivity contribution < 1.29 is 29.0 Å². The van der Waals surface area contributed by atoms with E-state index in [1.54, 1.807) is 54.6 Å². The Balaban J connectivity index is 1.34. The van der Waals surface area contributed by atoms with Gasteiger partial charge in [-0.05, 0) is 66.1 Å². The van der Waals surface area contributed by atoms with Crippen LogP contribution in [0, 0.1) is 6.92 Å². The number of ether oxygens (including phenoxy) is 1. The van der Waals surface area contributed by atoms with Crippen LogP contribution in [0.15, 0.2) is 78.5 Å². The highest BCUT2D eigenvalue weighted by Crippen LogP contribution is 2.19. The third-order valence-electron chi connectivity index (χ3n) is 5.36. The van der Waals surface area contributed by atoms with E-state index in [2.05, 4.69) is 10.6 Å². The van der Waals surface area contributed by atoms with Gasteiger partial charge in [-0.3, -0.25) is 9.59 Å². The Morgan fingerprint density at radius 1 is 1.03 bits per heavy atom. The number of anilines is 1. The van der Waals surface area contributed by atoms with Gasteiger partial charge in [-0.15, -0.1) is 0 Å². The minimum atomic E-state index is -0.988. The van der Waals surface area contributed by atoms with Crippen LogP contribution in [-0.2, 0) is 16.2 Å². The number of hydrogen-bond acceptors (Lipinski definition) is 5. The molecular weight excluding hydrogens is 462 g/mol. The highest BCUT2D eigenvalue weighted by Gasteiger charge is 2.34. The molecule has 3 aromatic carbocycles. The molecule has 1 aliphatic heterocycles. The van der Waals surface area contributed by atoms with Crippen LogP contribution in [0.3, 0.4) is 0 Å². The molecule has 9 nitrogen and oxygen atoms in total. The lowest BCUT2D eigenvalue weighted by atomic mass is 10.1. The van der Waals surface area contributed by atoms with Crippen molar-refractivity contribution in [1.82, 2.24) is 10.2 Å². The van der Waals surface area contributed by atoms with Crippen molar-refractivity contribution in [2.45, 2.75) is 13.5 Å². The zero-order valence-electron chi connectivity index (χ0n) is 19.4. The topological polar surface area (TPSA) is 125 Å². The van der Waals surface area contributed by atoms with Crippen molar-refractivity contribution >= 4 is 35.6 Å². The lowest BCUT2D eigenvalue weighted by Gasteiger charge is -2.12. The number of carboxylic acids is 1. The second kappa shape index (κ2) is 10.6. The molecule has 0 unspecified atom stereocenters. The first-order valence-corrected chi connectivity index (χ1v) is 11.0. The smallest absolute Gasteiger partial charge is 0.335 e. The number of aryl methyl sites for hydroxylation is 1. The van der Waals surface area contributed by atoms with Gasteiger partial charge in [0.05, 0.1) is 5.56 Å². The highest BCUT2D eigenvalue weighted by atomic mass is 16.5. The average molecular weight is 485 g/mol. The van der Waals surface area contributed by atoms with Gasteiger partial charge in [0.2, 0.25) is 5.91 Å². The number of nitrogens with zero attached hydrogens (tertiary/aromatic N) is 1. The molecule has 0 bridgehead atoms. The monoisotopic (exact) mass is 485 g/mol. The first kappa shape index (κ1) is 24.2. The van der Waals surface area contributed by atoms with Crippen molar-refractivity contribution in [3.8, 4) is 5.75 Å². The summed E-state index contributed by atoms with van der Waals surface area (Å²) in [4.78, 5) is 49.1. The molecule has 9 heteroatoms. The molecule has 1 saturated heterocycles. The van der Waals surface area contributed by atoms with Gasteiger partial charge in [-0.1, -0.05) is 36.4 Å². The van der Waals surface area contributed by atoms with Crippen LogP contribution >= 0.6 is 0 Å². The summed E-state index contributed by atoms with van der Waals surface area (Å²) in [5, 5.41) is 14.1. The van der Waals surface area contributed by atoms with Gasteiger partial charge < -0.3 is 20.5 Å². The zero-order chi connectivity index (χ0) is 25.7. The van der Waals surface area contributed by atoms with E-state index in [0.717, 1.165) is 16.0 Å². The van der Waals surface area contributed by atoms with Gasteiger partial charge in [0.25, 0.3) is 5.91 Å². The van der Waals surface area contributed by atoms with E-state index in [0.29, 0.717) is 17.0 Å². The molecule has 0 aliphatic carbocycles. The second-order valence-corrected chi connectivity index (χ2v) is 8.16. The van der Waals surface area contributed by atoms with Crippen LogP contribution in [0.25, 0.3) is 6.08 Å². The molecule has 1 fully saturated rings. The highest BCUT2D eigenvalue weighted by molar-refractivity contribution is 6.15. The summed E-state index contributed by atoms with van der Waals surface area (Å²) >= 11 is 0. The molecule has 36 heavy (non-hydrogen) atoms. The van der Waals surface area contributed by atoms with E-state index in [1.165, 1.54) is 18.2 Å². The maximum atomic E-state index is 12.7. The van der Waals surface area contributed by atoms with Crippen LogP contribution < -0.4 is 15.4 Å². The van der Waals surface area contributed by atoms with Crippen LogP contribution in [0.5, 0.6) is 5.75 Å². The van der Waals surface area contributed by atoms with E-state index in [1.807, 2.05) is 13.0 Å². The van der Waals surface area contributed by atoms with Crippen molar-refractivity contribution in [3.05, 3.63) is 101 Å². The number of carbonyl (C=O) groups excluding carboxylic acids is 3. The molecule has 0 spiro atoms. The van der Waals surface area contributed by atoms with Crippen LogP contribution in [0.1, 0.15) is 27.0 Å². The Morgan fingerprint density at radius 3 is 2.42 bits per heavy atom. The predicted molar refractivity (Wildman–Crippen MR) is 132 cm³/mol. The van der Waals surface area contributed by atoms with Gasteiger partial charge in [0.1, 0.15) is 24.6 Å². The third kappa shape index (κ3) is 5.95. The first-order chi connectivity index (χ1) is 17.3. The standard InChI is InChI=1S/C27H23N3O6/c1-17-3-2-4-21(13-17)28-24(31)15-30-25(32)23(29-27(30)35)14-18-7-11-22(12-8-18)36-16-19-5-9-20(10-6-19)26(33)34/h2-14H,15-16H2,1H3,(H,28,31)(H,29,35)(H,33,34). The maximum absolute atomic E-state index is 12.7. The summed E-state index contributed by atoms with van der Waals surface area (Å²) in [7, 11) is 0. The molecule has 4 rings (SSSR count). The van der Waals surface area contributed by atoms with Crippen molar-refractivity contribution in [1.29, 1.82) is 0 Å². The van der Waals surface area contributed by atoms with E-state index in [-0.39, 0.29) is 17.9 Å².